The van der Waals surface area contributed by atoms with E-state index in [0.29, 0.717) is 11.1 Å². The molecule has 0 aliphatic heterocycles. The van der Waals surface area contributed by atoms with Gasteiger partial charge in [-0.25, -0.2) is 0 Å². The van der Waals surface area contributed by atoms with Gasteiger partial charge in [-0.15, -0.1) is 0 Å². The van der Waals surface area contributed by atoms with Gasteiger partial charge in [0, 0.05) is 5.25 Å². The first-order valence-electron chi connectivity index (χ1n) is 6.04. The van der Waals surface area contributed by atoms with E-state index in [1.165, 1.54) is 0 Å². The van der Waals surface area contributed by atoms with Gasteiger partial charge < -0.3 is 10.3 Å². The van der Waals surface area contributed by atoms with Gasteiger partial charge in [0.05, 0.1) is 11.8 Å². The maximum absolute atomic E-state index is 6.06. The zero-order valence-electron chi connectivity index (χ0n) is 11.4. The lowest BCUT2D eigenvalue weighted by Gasteiger charge is -2.23. The molecule has 0 spiro atoms. The van der Waals surface area contributed by atoms with Gasteiger partial charge in [0.25, 0.3) is 0 Å². The fourth-order valence-corrected chi connectivity index (χ4v) is 1.94. The lowest BCUT2D eigenvalue weighted by atomic mass is 9.87. The van der Waals surface area contributed by atoms with Gasteiger partial charge in [-0.1, -0.05) is 39.8 Å². The number of hydrogen-bond acceptors (Lipinski definition) is 5. The Hall–Kier alpha value is -0.550. The molecule has 2 unspecified atom stereocenters. The minimum Gasteiger partial charge on any atom is -0.338 e. The van der Waals surface area contributed by atoms with E-state index in [1.54, 1.807) is 0 Å². The molecule has 0 aromatic carbocycles. The van der Waals surface area contributed by atoms with Gasteiger partial charge in [0.15, 0.2) is 5.82 Å². The van der Waals surface area contributed by atoms with Crippen LogP contribution in [0.5, 0.6) is 0 Å². The molecular weight excluding hydrogens is 234 g/mol. The Kier molecular flexibility index (Phi) is 5.01. The molecule has 1 heterocycles. The summed E-state index contributed by atoms with van der Waals surface area (Å²) in [4.78, 5) is 4.36. The Labute approximate surface area is 108 Å². The number of rotatable bonds is 5. The topological polar surface area (TPSA) is 64.9 Å². The predicted molar refractivity (Wildman–Crippen MR) is 71.7 cm³/mol. The van der Waals surface area contributed by atoms with Crippen molar-refractivity contribution in [1.29, 1.82) is 0 Å². The van der Waals surface area contributed by atoms with Crippen molar-refractivity contribution in [1.82, 2.24) is 10.1 Å². The van der Waals surface area contributed by atoms with Crippen molar-refractivity contribution in [3.05, 3.63) is 11.7 Å². The summed E-state index contributed by atoms with van der Waals surface area (Å²) in [6.45, 7) is 10.6. The van der Waals surface area contributed by atoms with Gasteiger partial charge in [0.2, 0.25) is 5.89 Å². The molecule has 2 atom stereocenters. The largest absolute Gasteiger partial charge is 0.338 e. The minimum atomic E-state index is -0.211. The van der Waals surface area contributed by atoms with E-state index in [9.17, 15) is 0 Å². The third-order valence-corrected chi connectivity index (χ3v) is 4.08. The van der Waals surface area contributed by atoms with Crippen molar-refractivity contribution in [2.45, 2.75) is 58.1 Å². The van der Waals surface area contributed by atoms with Crippen LogP contribution in [0.1, 0.15) is 58.8 Å². The van der Waals surface area contributed by atoms with Crippen molar-refractivity contribution in [3.8, 4) is 0 Å². The number of hydrogen-bond donors (Lipinski definition) is 1. The van der Waals surface area contributed by atoms with Crippen molar-refractivity contribution >= 4 is 11.8 Å². The summed E-state index contributed by atoms with van der Waals surface area (Å²) in [5.41, 5.74) is 6.00. The maximum atomic E-state index is 6.06. The highest BCUT2D eigenvalue weighted by molar-refractivity contribution is 7.99. The van der Waals surface area contributed by atoms with Gasteiger partial charge in [-0.2, -0.15) is 16.7 Å². The Morgan fingerprint density at radius 2 is 2.06 bits per heavy atom. The summed E-state index contributed by atoms with van der Waals surface area (Å²) < 4.78 is 5.22. The number of nitrogens with two attached hydrogens (primary N) is 1. The predicted octanol–water partition coefficient (Wildman–Crippen LogP) is 3.15. The SMILES string of the molecule is CCC(C)SCc1noc(C(N)C(C)(C)C)n1. The maximum Gasteiger partial charge on any atom is 0.244 e. The van der Waals surface area contributed by atoms with Crippen LogP contribution in [0.4, 0.5) is 0 Å². The molecule has 4 nitrogen and oxygen atoms in total. The molecule has 5 heteroatoms. The molecule has 0 fully saturated rings. The normalized spacial score (nSPS) is 15.9. The molecule has 0 bridgehead atoms. The minimum absolute atomic E-state index is 0.0618. The highest BCUT2D eigenvalue weighted by Crippen LogP contribution is 2.29. The monoisotopic (exact) mass is 257 g/mol. The van der Waals surface area contributed by atoms with Crippen LogP contribution in [0.15, 0.2) is 4.52 Å². The van der Waals surface area contributed by atoms with Crippen molar-refractivity contribution in [3.63, 3.8) is 0 Å². The van der Waals surface area contributed by atoms with Crippen LogP contribution < -0.4 is 5.73 Å². The lowest BCUT2D eigenvalue weighted by molar-refractivity contribution is 0.252. The highest BCUT2D eigenvalue weighted by Gasteiger charge is 2.27. The molecule has 1 aromatic rings. The number of thioether (sulfide) groups is 1. The quantitative estimate of drug-likeness (QED) is 0.877. The molecule has 0 aliphatic carbocycles. The molecule has 0 radical (unpaired) electrons. The first kappa shape index (κ1) is 14.5. The van der Waals surface area contributed by atoms with Crippen molar-refractivity contribution < 1.29 is 4.52 Å². The van der Waals surface area contributed by atoms with Crippen LogP contribution in [-0.2, 0) is 5.75 Å². The molecule has 2 N–H and O–H groups in total. The molecule has 17 heavy (non-hydrogen) atoms. The van der Waals surface area contributed by atoms with E-state index in [-0.39, 0.29) is 11.5 Å². The molecule has 0 aliphatic rings. The lowest BCUT2D eigenvalue weighted by Crippen LogP contribution is -2.26. The summed E-state index contributed by atoms with van der Waals surface area (Å²) in [5, 5.41) is 4.59. The summed E-state index contributed by atoms with van der Waals surface area (Å²) in [7, 11) is 0. The highest BCUT2D eigenvalue weighted by atomic mass is 32.2. The van der Waals surface area contributed by atoms with Gasteiger partial charge in [0.1, 0.15) is 0 Å². The average molecular weight is 257 g/mol. The summed E-state index contributed by atoms with van der Waals surface area (Å²) in [5.74, 6) is 2.07. The molecular formula is C12H23N3OS. The summed E-state index contributed by atoms with van der Waals surface area (Å²) in [6, 6.07) is -0.211. The van der Waals surface area contributed by atoms with E-state index in [4.69, 9.17) is 10.3 Å². The van der Waals surface area contributed by atoms with Crippen molar-refractivity contribution in [2.75, 3.05) is 0 Å². The smallest absolute Gasteiger partial charge is 0.244 e. The molecule has 0 saturated heterocycles. The third-order valence-electron chi connectivity index (χ3n) is 2.75. The van der Waals surface area contributed by atoms with E-state index in [0.717, 1.165) is 18.0 Å². The Balaban J connectivity index is 2.59. The first-order valence-corrected chi connectivity index (χ1v) is 7.09. The van der Waals surface area contributed by atoms with Gasteiger partial charge in [-0.3, -0.25) is 0 Å². The Morgan fingerprint density at radius 1 is 1.41 bits per heavy atom. The zero-order valence-corrected chi connectivity index (χ0v) is 12.2. The Morgan fingerprint density at radius 3 is 2.59 bits per heavy atom. The van der Waals surface area contributed by atoms with E-state index < -0.39 is 0 Å². The van der Waals surface area contributed by atoms with Crippen LogP contribution >= 0.6 is 11.8 Å². The molecule has 1 rings (SSSR count). The second-order valence-corrected chi connectivity index (χ2v) is 6.85. The zero-order chi connectivity index (χ0) is 13.1. The van der Waals surface area contributed by atoms with Crippen LogP contribution in [0.25, 0.3) is 0 Å². The fourth-order valence-electron chi connectivity index (χ4n) is 1.16. The van der Waals surface area contributed by atoms with E-state index in [2.05, 4.69) is 44.8 Å². The van der Waals surface area contributed by atoms with Gasteiger partial charge in [-0.05, 0) is 11.8 Å². The fraction of sp³-hybridized carbons (Fsp3) is 0.833. The van der Waals surface area contributed by atoms with Crippen LogP contribution in [0.2, 0.25) is 0 Å². The molecule has 1 aromatic heterocycles. The van der Waals surface area contributed by atoms with Crippen molar-refractivity contribution in [2.24, 2.45) is 11.1 Å². The molecule has 0 amide bonds. The second kappa shape index (κ2) is 5.87. The average Bonchev–Trinajstić information content (AvgIpc) is 2.71. The number of nitrogens with zero attached hydrogens (tertiary/aromatic N) is 2. The van der Waals surface area contributed by atoms with Gasteiger partial charge >= 0.3 is 0 Å². The van der Waals surface area contributed by atoms with Crippen LogP contribution in [-0.4, -0.2) is 15.4 Å². The van der Waals surface area contributed by atoms with E-state index in [1.807, 2.05) is 11.8 Å². The third kappa shape index (κ3) is 4.32. The molecule has 0 saturated carbocycles. The first-order chi connectivity index (χ1) is 7.84. The van der Waals surface area contributed by atoms with Crippen LogP contribution in [0.3, 0.4) is 0 Å². The standard InChI is InChI=1S/C12H23N3OS/c1-6-8(2)17-7-9-14-11(16-15-9)10(13)12(3,4)5/h8,10H,6-7,13H2,1-5H3. The number of aromatic nitrogens is 2. The molecule has 98 valence electrons. The van der Waals surface area contributed by atoms with E-state index >= 15 is 0 Å². The summed E-state index contributed by atoms with van der Waals surface area (Å²) >= 11 is 1.84. The second-order valence-electron chi connectivity index (χ2n) is 5.42. The summed E-state index contributed by atoms with van der Waals surface area (Å²) in [6.07, 6.45) is 1.15. The Bertz CT molecular complexity index is 346. The van der Waals surface area contributed by atoms with Crippen LogP contribution in [0, 0.1) is 5.41 Å².